The Hall–Kier alpha value is -2.77. The number of thioether (sulfide) groups is 1. The van der Waals surface area contributed by atoms with Crippen molar-refractivity contribution in [3.63, 3.8) is 0 Å². The highest BCUT2D eigenvalue weighted by atomic mass is 35.5. The second-order valence-corrected chi connectivity index (χ2v) is 9.11. The fourth-order valence-corrected chi connectivity index (χ4v) is 4.60. The Morgan fingerprint density at radius 1 is 1.26 bits per heavy atom. The minimum absolute atomic E-state index is 0.0874. The van der Waals surface area contributed by atoms with Gasteiger partial charge in [0.1, 0.15) is 17.3 Å². The molecule has 4 rings (SSSR count). The Morgan fingerprint density at radius 3 is 2.71 bits per heavy atom. The number of benzene rings is 2. The summed E-state index contributed by atoms with van der Waals surface area (Å²) in [6, 6.07) is 13.4. The molecule has 0 bridgehead atoms. The van der Waals surface area contributed by atoms with E-state index in [2.05, 4.69) is 10.3 Å². The fraction of sp³-hybridized carbons (Fsp3) is 0.217. The van der Waals surface area contributed by atoms with Crippen LogP contribution in [0.15, 0.2) is 57.9 Å². The number of anilines is 1. The van der Waals surface area contributed by atoms with Crippen molar-refractivity contribution in [2.45, 2.75) is 25.8 Å². The smallest absolute Gasteiger partial charge is 0.259 e. The highest BCUT2D eigenvalue weighted by Crippen LogP contribution is 2.36. The van der Waals surface area contributed by atoms with Crippen LogP contribution in [0, 0.1) is 12.7 Å². The van der Waals surface area contributed by atoms with Gasteiger partial charge in [0.15, 0.2) is 5.17 Å². The van der Waals surface area contributed by atoms with Gasteiger partial charge in [-0.15, -0.1) is 0 Å². The number of amidine groups is 1. The largest absolute Gasteiger partial charge is 0.461 e. The molecule has 1 aromatic heterocycles. The van der Waals surface area contributed by atoms with E-state index in [4.69, 9.17) is 21.8 Å². The molecule has 5 nitrogen and oxygen atoms in total. The van der Waals surface area contributed by atoms with Crippen molar-refractivity contribution in [1.29, 1.82) is 0 Å². The number of amides is 1. The van der Waals surface area contributed by atoms with Crippen LogP contribution < -0.4 is 11.1 Å². The first-order valence-corrected chi connectivity index (χ1v) is 11.1. The molecule has 0 saturated carbocycles. The minimum atomic E-state index is -0.560. The third kappa shape index (κ3) is 4.48. The predicted molar refractivity (Wildman–Crippen MR) is 124 cm³/mol. The second-order valence-electron chi connectivity index (χ2n) is 7.56. The number of rotatable bonds is 4. The lowest BCUT2D eigenvalue weighted by Crippen LogP contribution is -2.29. The number of nitrogens with two attached hydrogens (primary N) is 1. The lowest BCUT2D eigenvalue weighted by Gasteiger charge is -2.30. The number of aryl methyl sites for hydroxylation is 1. The van der Waals surface area contributed by atoms with Crippen LogP contribution in [0.1, 0.15) is 35.0 Å². The van der Waals surface area contributed by atoms with E-state index in [1.165, 1.54) is 17.8 Å². The van der Waals surface area contributed by atoms with Gasteiger partial charge in [0.2, 0.25) is 0 Å². The van der Waals surface area contributed by atoms with Crippen LogP contribution in [0.4, 0.5) is 10.1 Å². The van der Waals surface area contributed by atoms with Gasteiger partial charge in [0.05, 0.1) is 16.8 Å². The Kier molecular flexibility index (Phi) is 5.81. The Morgan fingerprint density at radius 2 is 2.00 bits per heavy atom. The van der Waals surface area contributed by atoms with Gasteiger partial charge in [0, 0.05) is 16.3 Å². The summed E-state index contributed by atoms with van der Waals surface area (Å²) >= 11 is 7.43. The number of halogens is 2. The Bertz CT molecular complexity index is 1180. The lowest BCUT2D eigenvalue weighted by atomic mass is 9.89. The number of aliphatic imine (C=N–C) groups is 1. The van der Waals surface area contributed by atoms with Crippen LogP contribution in [-0.2, 0) is 5.54 Å². The summed E-state index contributed by atoms with van der Waals surface area (Å²) in [5.41, 5.74) is 7.34. The summed E-state index contributed by atoms with van der Waals surface area (Å²) in [7, 11) is 0. The number of hydrogen-bond acceptors (Lipinski definition) is 5. The number of hydrogen-bond donors (Lipinski definition) is 2. The molecule has 160 valence electrons. The van der Waals surface area contributed by atoms with Gasteiger partial charge in [-0.05, 0) is 68.3 Å². The SMILES string of the molecule is Cc1oc(-c2ccc(Cl)cc2)cc1C(=O)Nc1cc(C2(C)CCSC(N)=N2)ccc1F. The molecule has 1 aliphatic heterocycles. The summed E-state index contributed by atoms with van der Waals surface area (Å²) in [6.45, 7) is 3.65. The molecule has 1 amide bonds. The summed E-state index contributed by atoms with van der Waals surface area (Å²) < 4.78 is 20.3. The topological polar surface area (TPSA) is 80.6 Å². The van der Waals surface area contributed by atoms with Crippen molar-refractivity contribution < 1.29 is 13.6 Å². The van der Waals surface area contributed by atoms with Gasteiger partial charge in [-0.3, -0.25) is 9.79 Å². The molecular weight excluding hydrogens is 437 g/mol. The predicted octanol–water partition coefficient (Wildman–Crippen LogP) is 5.97. The van der Waals surface area contributed by atoms with Crippen molar-refractivity contribution >= 4 is 40.1 Å². The van der Waals surface area contributed by atoms with Gasteiger partial charge in [-0.25, -0.2) is 4.39 Å². The molecule has 1 aliphatic rings. The van der Waals surface area contributed by atoms with Crippen LogP contribution in [-0.4, -0.2) is 16.8 Å². The zero-order valence-electron chi connectivity index (χ0n) is 17.0. The first-order chi connectivity index (χ1) is 14.7. The first kappa shape index (κ1) is 21.5. The van der Waals surface area contributed by atoms with Gasteiger partial charge >= 0.3 is 0 Å². The minimum Gasteiger partial charge on any atom is -0.461 e. The van der Waals surface area contributed by atoms with E-state index in [0.29, 0.717) is 27.3 Å². The third-order valence-corrected chi connectivity index (χ3v) is 6.37. The van der Waals surface area contributed by atoms with E-state index in [0.717, 1.165) is 23.3 Å². The first-order valence-electron chi connectivity index (χ1n) is 9.71. The molecule has 0 radical (unpaired) electrons. The number of carbonyl (C=O) groups excluding carboxylic acids is 1. The van der Waals surface area contributed by atoms with E-state index < -0.39 is 17.3 Å². The summed E-state index contributed by atoms with van der Waals surface area (Å²) in [5, 5.41) is 3.78. The molecule has 31 heavy (non-hydrogen) atoms. The van der Waals surface area contributed by atoms with E-state index in [9.17, 15) is 9.18 Å². The molecule has 1 atom stereocenters. The summed E-state index contributed by atoms with van der Waals surface area (Å²) in [4.78, 5) is 17.4. The number of nitrogens with zero attached hydrogens (tertiary/aromatic N) is 1. The standard InChI is InChI=1S/C23H21ClFN3O2S/c1-13-17(12-20(30-13)14-3-6-16(24)7-4-14)21(29)27-19-11-15(5-8-18(19)25)23(2)9-10-31-22(26)28-23/h3-8,11-12H,9-10H2,1-2H3,(H2,26,28)(H,27,29). The third-order valence-electron chi connectivity index (χ3n) is 5.32. The molecule has 0 fully saturated rings. The Labute approximate surface area is 188 Å². The quantitative estimate of drug-likeness (QED) is 0.506. The van der Waals surface area contributed by atoms with Crippen LogP contribution in [0.3, 0.4) is 0 Å². The molecule has 0 aliphatic carbocycles. The van der Waals surface area contributed by atoms with E-state index >= 15 is 0 Å². The molecule has 2 heterocycles. The van der Waals surface area contributed by atoms with Crippen LogP contribution in [0.2, 0.25) is 5.02 Å². The molecule has 3 N–H and O–H groups in total. The van der Waals surface area contributed by atoms with Crippen molar-refractivity contribution in [1.82, 2.24) is 0 Å². The number of carbonyl (C=O) groups is 1. The zero-order valence-corrected chi connectivity index (χ0v) is 18.6. The highest BCUT2D eigenvalue weighted by molar-refractivity contribution is 8.13. The van der Waals surface area contributed by atoms with Crippen LogP contribution >= 0.6 is 23.4 Å². The van der Waals surface area contributed by atoms with Crippen molar-refractivity contribution in [2.75, 3.05) is 11.1 Å². The van der Waals surface area contributed by atoms with Crippen LogP contribution in [0.25, 0.3) is 11.3 Å². The van der Waals surface area contributed by atoms with Crippen LogP contribution in [0.5, 0.6) is 0 Å². The average Bonchev–Trinajstić information content (AvgIpc) is 3.11. The maximum atomic E-state index is 14.5. The molecule has 3 aromatic rings. The monoisotopic (exact) mass is 457 g/mol. The average molecular weight is 458 g/mol. The van der Waals surface area contributed by atoms with Gasteiger partial charge in [-0.2, -0.15) is 0 Å². The van der Waals surface area contributed by atoms with Crippen molar-refractivity contribution in [3.8, 4) is 11.3 Å². The zero-order chi connectivity index (χ0) is 22.2. The molecule has 1 unspecified atom stereocenters. The lowest BCUT2D eigenvalue weighted by molar-refractivity contribution is 0.102. The molecule has 0 spiro atoms. The number of furan rings is 1. The van der Waals surface area contributed by atoms with Crippen molar-refractivity contribution in [2.24, 2.45) is 10.7 Å². The second kappa shape index (κ2) is 8.40. The highest BCUT2D eigenvalue weighted by Gasteiger charge is 2.30. The van der Waals surface area contributed by atoms with Gasteiger partial charge in [0.25, 0.3) is 5.91 Å². The van der Waals surface area contributed by atoms with E-state index in [1.807, 2.05) is 6.92 Å². The van der Waals surface area contributed by atoms with Crippen molar-refractivity contribution in [3.05, 3.63) is 76.3 Å². The normalized spacial score (nSPS) is 18.5. The molecular formula is C23H21ClFN3O2S. The maximum absolute atomic E-state index is 14.5. The molecule has 2 aromatic carbocycles. The fourth-order valence-electron chi connectivity index (χ4n) is 3.50. The van der Waals surface area contributed by atoms with Gasteiger partial charge in [-0.1, -0.05) is 29.4 Å². The maximum Gasteiger partial charge on any atom is 0.259 e. The van der Waals surface area contributed by atoms with Gasteiger partial charge < -0.3 is 15.5 Å². The Balaban J connectivity index is 1.61. The van der Waals surface area contributed by atoms with E-state index in [-0.39, 0.29) is 5.69 Å². The molecule has 8 heteroatoms. The summed E-state index contributed by atoms with van der Waals surface area (Å²) in [5.74, 6) is 0.817. The summed E-state index contributed by atoms with van der Waals surface area (Å²) in [6.07, 6.45) is 0.767. The molecule has 0 saturated heterocycles. The van der Waals surface area contributed by atoms with E-state index in [1.54, 1.807) is 49.4 Å². The number of nitrogens with one attached hydrogen (secondary N) is 1.